The third-order valence-corrected chi connectivity index (χ3v) is 2.76. The fraction of sp³-hybridized carbons (Fsp3) is 0.167. The summed E-state index contributed by atoms with van der Waals surface area (Å²) in [7, 11) is 1.37. The fourth-order valence-electron chi connectivity index (χ4n) is 1.45. The lowest BCUT2D eigenvalue weighted by Crippen LogP contribution is -2.05. The van der Waals surface area contributed by atoms with Crippen molar-refractivity contribution in [3.8, 4) is 0 Å². The third kappa shape index (κ3) is 2.39. The highest BCUT2D eigenvalue weighted by Crippen LogP contribution is 2.18. The molecule has 0 fully saturated rings. The van der Waals surface area contributed by atoms with E-state index in [-0.39, 0.29) is 12.4 Å². The number of halogens is 1. The molecule has 0 N–H and O–H groups in total. The molecule has 0 spiro atoms. The molecule has 1 aromatic carbocycles. The average molecular weight is 280 g/mol. The van der Waals surface area contributed by atoms with Gasteiger partial charge in [0.1, 0.15) is 0 Å². The molecular formula is C12H10BrNO2. The van der Waals surface area contributed by atoms with Crippen LogP contribution < -0.4 is 0 Å². The molecule has 0 saturated carbocycles. The van der Waals surface area contributed by atoms with Crippen LogP contribution in [0.3, 0.4) is 0 Å². The molecule has 0 aliphatic carbocycles. The van der Waals surface area contributed by atoms with Crippen molar-refractivity contribution in [2.75, 3.05) is 7.11 Å². The lowest BCUT2D eigenvalue weighted by atomic mass is 10.2. The van der Waals surface area contributed by atoms with E-state index >= 15 is 0 Å². The standard InChI is InChI=1S/C12H10BrNO2/c1-16-12(15)7-10-5-3-8-2-4-9(13)6-11(8)14-10/h2-6H,7H2,1H3. The van der Waals surface area contributed by atoms with Gasteiger partial charge in [0.15, 0.2) is 0 Å². The Morgan fingerprint density at radius 2 is 2.12 bits per heavy atom. The summed E-state index contributed by atoms with van der Waals surface area (Å²) in [5, 5.41) is 1.05. The minimum atomic E-state index is -0.276. The van der Waals surface area contributed by atoms with Gasteiger partial charge in [0.25, 0.3) is 0 Å². The number of carbonyl (C=O) groups excluding carboxylic acids is 1. The first-order valence-electron chi connectivity index (χ1n) is 4.81. The number of fused-ring (bicyclic) bond motifs is 1. The molecule has 0 unspecified atom stereocenters. The van der Waals surface area contributed by atoms with Gasteiger partial charge < -0.3 is 4.74 Å². The Kier molecular flexibility index (Phi) is 3.19. The van der Waals surface area contributed by atoms with Crippen LogP contribution in [0, 0.1) is 0 Å². The molecule has 1 aromatic heterocycles. The minimum absolute atomic E-state index is 0.207. The molecule has 82 valence electrons. The Balaban J connectivity index is 2.39. The van der Waals surface area contributed by atoms with Gasteiger partial charge in [-0.2, -0.15) is 0 Å². The summed E-state index contributed by atoms with van der Waals surface area (Å²) in [6, 6.07) is 9.66. The first kappa shape index (κ1) is 11.1. The van der Waals surface area contributed by atoms with Crippen LogP contribution in [0.25, 0.3) is 10.9 Å². The molecule has 0 aliphatic rings. The van der Waals surface area contributed by atoms with Crippen LogP contribution in [0.15, 0.2) is 34.8 Å². The maximum absolute atomic E-state index is 11.1. The largest absolute Gasteiger partial charge is 0.469 e. The molecule has 16 heavy (non-hydrogen) atoms. The van der Waals surface area contributed by atoms with E-state index in [0.29, 0.717) is 0 Å². The maximum atomic E-state index is 11.1. The number of aromatic nitrogens is 1. The summed E-state index contributed by atoms with van der Waals surface area (Å²) in [6.45, 7) is 0. The SMILES string of the molecule is COC(=O)Cc1ccc2ccc(Br)cc2n1. The molecule has 2 aromatic rings. The first-order chi connectivity index (χ1) is 7.69. The lowest BCUT2D eigenvalue weighted by Gasteiger charge is -2.02. The second-order valence-corrected chi connectivity index (χ2v) is 4.31. The van der Waals surface area contributed by atoms with Crippen LogP contribution in [0.4, 0.5) is 0 Å². The lowest BCUT2D eigenvalue weighted by molar-refractivity contribution is -0.139. The summed E-state index contributed by atoms with van der Waals surface area (Å²) >= 11 is 3.39. The van der Waals surface area contributed by atoms with E-state index in [1.165, 1.54) is 7.11 Å². The highest BCUT2D eigenvalue weighted by atomic mass is 79.9. The van der Waals surface area contributed by atoms with Crippen molar-refractivity contribution in [1.82, 2.24) is 4.98 Å². The molecular weight excluding hydrogens is 270 g/mol. The van der Waals surface area contributed by atoms with E-state index in [2.05, 4.69) is 25.7 Å². The van der Waals surface area contributed by atoms with E-state index < -0.39 is 0 Å². The van der Waals surface area contributed by atoms with Gasteiger partial charge in [-0.15, -0.1) is 0 Å². The van der Waals surface area contributed by atoms with Gasteiger partial charge in [0, 0.05) is 9.86 Å². The zero-order valence-electron chi connectivity index (χ0n) is 8.74. The predicted octanol–water partition coefficient (Wildman–Crippen LogP) is 2.71. The smallest absolute Gasteiger partial charge is 0.311 e. The van der Waals surface area contributed by atoms with Gasteiger partial charge in [-0.3, -0.25) is 9.78 Å². The quantitative estimate of drug-likeness (QED) is 0.794. The van der Waals surface area contributed by atoms with Gasteiger partial charge >= 0.3 is 5.97 Å². The molecule has 3 nitrogen and oxygen atoms in total. The van der Waals surface area contributed by atoms with Gasteiger partial charge in [-0.1, -0.05) is 28.1 Å². The topological polar surface area (TPSA) is 39.2 Å². The number of hydrogen-bond donors (Lipinski definition) is 0. The zero-order chi connectivity index (χ0) is 11.5. The highest BCUT2D eigenvalue weighted by Gasteiger charge is 2.05. The van der Waals surface area contributed by atoms with Crippen molar-refractivity contribution < 1.29 is 9.53 Å². The number of rotatable bonds is 2. The van der Waals surface area contributed by atoms with E-state index in [4.69, 9.17) is 0 Å². The fourth-order valence-corrected chi connectivity index (χ4v) is 1.80. The van der Waals surface area contributed by atoms with Crippen molar-refractivity contribution in [1.29, 1.82) is 0 Å². The number of benzene rings is 1. The van der Waals surface area contributed by atoms with Crippen molar-refractivity contribution in [2.24, 2.45) is 0 Å². The van der Waals surface area contributed by atoms with Gasteiger partial charge in [0.2, 0.25) is 0 Å². The highest BCUT2D eigenvalue weighted by molar-refractivity contribution is 9.10. The third-order valence-electron chi connectivity index (χ3n) is 2.26. The molecule has 0 saturated heterocycles. The molecule has 0 atom stereocenters. The first-order valence-corrected chi connectivity index (χ1v) is 5.60. The number of hydrogen-bond acceptors (Lipinski definition) is 3. The Bertz CT molecular complexity index is 540. The van der Waals surface area contributed by atoms with Crippen LogP contribution in [-0.4, -0.2) is 18.1 Å². The number of methoxy groups -OCH3 is 1. The van der Waals surface area contributed by atoms with Crippen molar-refractivity contribution in [3.05, 3.63) is 40.5 Å². The second-order valence-electron chi connectivity index (χ2n) is 3.39. The van der Waals surface area contributed by atoms with Gasteiger partial charge in [0.05, 0.1) is 24.7 Å². The van der Waals surface area contributed by atoms with Crippen molar-refractivity contribution in [3.63, 3.8) is 0 Å². The normalized spacial score (nSPS) is 10.4. The summed E-state index contributed by atoms with van der Waals surface area (Å²) in [6.07, 6.45) is 0.207. The van der Waals surface area contributed by atoms with Gasteiger partial charge in [-0.25, -0.2) is 0 Å². The molecule has 0 aliphatic heterocycles. The van der Waals surface area contributed by atoms with Crippen molar-refractivity contribution >= 4 is 32.8 Å². The maximum Gasteiger partial charge on any atom is 0.311 e. The van der Waals surface area contributed by atoms with Crippen LogP contribution in [0.1, 0.15) is 5.69 Å². The van der Waals surface area contributed by atoms with Crippen LogP contribution in [0.5, 0.6) is 0 Å². The minimum Gasteiger partial charge on any atom is -0.469 e. The summed E-state index contributed by atoms with van der Waals surface area (Å²) in [5.74, 6) is -0.276. The number of esters is 1. The molecule has 4 heteroatoms. The van der Waals surface area contributed by atoms with Crippen LogP contribution in [-0.2, 0) is 16.0 Å². The number of nitrogens with zero attached hydrogens (tertiary/aromatic N) is 1. The zero-order valence-corrected chi connectivity index (χ0v) is 10.3. The Morgan fingerprint density at radius 3 is 2.88 bits per heavy atom. The average Bonchev–Trinajstić information content (AvgIpc) is 2.28. The Hall–Kier alpha value is -1.42. The summed E-state index contributed by atoms with van der Waals surface area (Å²) in [4.78, 5) is 15.5. The number of ether oxygens (including phenoxy) is 1. The van der Waals surface area contributed by atoms with Crippen molar-refractivity contribution in [2.45, 2.75) is 6.42 Å². The van der Waals surface area contributed by atoms with E-state index in [1.54, 1.807) is 0 Å². The molecule has 2 rings (SSSR count). The van der Waals surface area contributed by atoms with E-state index in [0.717, 1.165) is 21.1 Å². The number of pyridine rings is 1. The van der Waals surface area contributed by atoms with Crippen LogP contribution >= 0.6 is 15.9 Å². The predicted molar refractivity (Wildman–Crippen MR) is 65.2 cm³/mol. The summed E-state index contributed by atoms with van der Waals surface area (Å²) in [5.41, 5.74) is 1.59. The van der Waals surface area contributed by atoms with E-state index in [1.807, 2.05) is 30.3 Å². The Morgan fingerprint density at radius 1 is 1.38 bits per heavy atom. The molecule has 0 bridgehead atoms. The molecule has 0 radical (unpaired) electrons. The van der Waals surface area contributed by atoms with Gasteiger partial charge in [-0.05, 0) is 18.2 Å². The summed E-state index contributed by atoms with van der Waals surface area (Å²) < 4.78 is 5.58. The van der Waals surface area contributed by atoms with Crippen LogP contribution in [0.2, 0.25) is 0 Å². The second kappa shape index (κ2) is 4.61. The molecule has 1 heterocycles. The monoisotopic (exact) mass is 279 g/mol. The number of carbonyl (C=O) groups is 1. The Labute approximate surface area is 102 Å². The van der Waals surface area contributed by atoms with E-state index in [9.17, 15) is 4.79 Å². The molecule has 0 amide bonds.